The van der Waals surface area contributed by atoms with Crippen molar-refractivity contribution < 1.29 is 14.3 Å². The summed E-state index contributed by atoms with van der Waals surface area (Å²) in [7, 11) is 0. The number of nitrogens with one attached hydrogen (secondary N) is 1. The third kappa shape index (κ3) is 5.96. The van der Waals surface area contributed by atoms with Gasteiger partial charge in [0.2, 0.25) is 0 Å². The molecule has 6 heteroatoms. The van der Waals surface area contributed by atoms with Gasteiger partial charge in [-0.05, 0) is 60.4 Å². The van der Waals surface area contributed by atoms with Crippen LogP contribution in [0.2, 0.25) is 10.0 Å². The number of halogens is 2. The molecule has 4 nitrogen and oxygen atoms in total. The number of hydrogen-bond donors (Lipinski definition) is 1. The van der Waals surface area contributed by atoms with Crippen molar-refractivity contribution in [1.29, 1.82) is 0 Å². The van der Waals surface area contributed by atoms with Crippen molar-refractivity contribution in [1.82, 2.24) is 0 Å². The Hall–Kier alpha value is -2.69. The van der Waals surface area contributed by atoms with Crippen molar-refractivity contribution in [2.75, 3.05) is 11.9 Å². The second-order valence-corrected chi connectivity index (χ2v) is 9.21. The molecule has 1 amide bonds. The lowest BCUT2D eigenvalue weighted by Crippen LogP contribution is -2.14. The number of rotatable bonds is 7. The molecule has 0 aromatic heterocycles. The van der Waals surface area contributed by atoms with E-state index in [1.807, 2.05) is 25.1 Å². The van der Waals surface area contributed by atoms with E-state index in [-0.39, 0.29) is 17.9 Å². The van der Waals surface area contributed by atoms with Gasteiger partial charge in [-0.2, -0.15) is 0 Å². The maximum absolute atomic E-state index is 12.8. The lowest BCUT2D eigenvalue weighted by atomic mass is 9.86. The molecule has 168 valence electrons. The molecule has 32 heavy (non-hydrogen) atoms. The molecule has 0 radical (unpaired) electrons. The molecule has 0 unspecified atom stereocenters. The molecule has 1 N–H and O–H groups in total. The van der Waals surface area contributed by atoms with Crippen molar-refractivity contribution in [2.45, 2.75) is 39.7 Å². The van der Waals surface area contributed by atoms with E-state index in [1.165, 1.54) is 0 Å². The molecule has 0 spiro atoms. The highest BCUT2D eigenvalue weighted by atomic mass is 35.5. The van der Waals surface area contributed by atoms with Gasteiger partial charge in [0.15, 0.2) is 0 Å². The first kappa shape index (κ1) is 24.0. The Morgan fingerprint density at radius 2 is 1.69 bits per heavy atom. The van der Waals surface area contributed by atoms with Gasteiger partial charge in [0, 0.05) is 16.1 Å². The maximum Gasteiger partial charge on any atom is 0.255 e. The second kappa shape index (κ2) is 10.3. The molecule has 0 fully saturated rings. The molecular formula is C26H27Cl2NO3. The lowest BCUT2D eigenvalue weighted by Gasteiger charge is -2.23. The molecule has 0 bridgehead atoms. The Morgan fingerprint density at radius 3 is 2.38 bits per heavy atom. The van der Waals surface area contributed by atoms with Gasteiger partial charge in [-0.1, -0.05) is 62.2 Å². The Labute approximate surface area is 199 Å². The molecule has 0 aliphatic rings. The fraction of sp³-hybridized carbons (Fsp3) is 0.269. The van der Waals surface area contributed by atoms with E-state index in [0.29, 0.717) is 33.7 Å². The van der Waals surface area contributed by atoms with Crippen LogP contribution in [0.3, 0.4) is 0 Å². The lowest BCUT2D eigenvalue weighted by molar-refractivity contribution is 0.102. The van der Waals surface area contributed by atoms with Gasteiger partial charge in [-0.3, -0.25) is 4.79 Å². The summed E-state index contributed by atoms with van der Waals surface area (Å²) in [4.78, 5) is 12.8. The smallest absolute Gasteiger partial charge is 0.255 e. The highest BCUT2D eigenvalue weighted by Gasteiger charge is 2.19. The summed E-state index contributed by atoms with van der Waals surface area (Å²) >= 11 is 12.1. The van der Waals surface area contributed by atoms with Crippen LogP contribution in [0.4, 0.5) is 5.69 Å². The fourth-order valence-electron chi connectivity index (χ4n) is 3.28. The van der Waals surface area contributed by atoms with Gasteiger partial charge in [0.05, 0.1) is 17.3 Å². The van der Waals surface area contributed by atoms with E-state index in [4.69, 9.17) is 32.7 Å². The largest absolute Gasteiger partial charge is 0.493 e. The monoisotopic (exact) mass is 471 g/mol. The zero-order valence-electron chi connectivity index (χ0n) is 18.7. The number of benzene rings is 3. The molecule has 0 atom stereocenters. The average molecular weight is 472 g/mol. The second-order valence-electron chi connectivity index (χ2n) is 8.37. The van der Waals surface area contributed by atoms with E-state index in [9.17, 15) is 4.79 Å². The van der Waals surface area contributed by atoms with Gasteiger partial charge < -0.3 is 14.8 Å². The van der Waals surface area contributed by atoms with Crippen LogP contribution >= 0.6 is 23.2 Å². The summed E-state index contributed by atoms with van der Waals surface area (Å²) in [6, 6.07) is 18.2. The minimum Gasteiger partial charge on any atom is -0.493 e. The molecule has 3 aromatic carbocycles. The van der Waals surface area contributed by atoms with E-state index >= 15 is 0 Å². The van der Waals surface area contributed by atoms with Crippen molar-refractivity contribution in [3.8, 4) is 11.5 Å². The molecule has 0 saturated heterocycles. The highest BCUT2D eigenvalue weighted by Crippen LogP contribution is 2.32. The topological polar surface area (TPSA) is 47.6 Å². The van der Waals surface area contributed by atoms with E-state index in [0.717, 1.165) is 16.9 Å². The number of anilines is 1. The first-order chi connectivity index (χ1) is 15.2. The van der Waals surface area contributed by atoms with E-state index < -0.39 is 0 Å². The number of para-hydroxylation sites is 1. The number of amides is 1. The predicted octanol–water partition coefficient (Wildman–Crippen LogP) is 7.52. The highest BCUT2D eigenvalue weighted by molar-refractivity contribution is 6.36. The number of carbonyl (C=O) groups excluding carboxylic acids is 1. The molecular weight excluding hydrogens is 445 g/mol. The summed E-state index contributed by atoms with van der Waals surface area (Å²) in [6.07, 6.45) is 0. The first-order valence-corrected chi connectivity index (χ1v) is 11.2. The van der Waals surface area contributed by atoms with Gasteiger partial charge in [0.25, 0.3) is 5.91 Å². The molecule has 0 heterocycles. The molecule has 0 aliphatic heterocycles. The summed E-state index contributed by atoms with van der Waals surface area (Å²) in [5.41, 5.74) is 2.81. The quantitative estimate of drug-likeness (QED) is 0.387. The summed E-state index contributed by atoms with van der Waals surface area (Å²) in [5, 5.41) is 3.70. The van der Waals surface area contributed by atoms with Crippen LogP contribution in [0.1, 0.15) is 49.2 Å². The van der Waals surface area contributed by atoms with Crippen LogP contribution in [-0.4, -0.2) is 12.5 Å². The zero-order chi connectivity index (χ0) is 23.3. The van der Waals surface area contributed by atoms with Crippen molar-refractivity contribution in [3.05, 3.63) is 87.4 Å². The van der Waals surface area contributed by atoms with Gasteiger partial charge in [-0.25, -0.2) is 0 Å². The maximum atomic E-state index is 12.8. The van der Waals surface area contributed by atoms with Crippen LogP contribution in [0.15, 0.2) is 60.7 Å². The first-order valence-electron chi connectivity index (χ1n) is 10.4. The van der Waals surface area contributed by atoms with E-state index in [1.54, 1.807) is 36.4 Å². The third-order valence-electron chi connectivity index (χ3n) is 4.88. The molecule has 0 aliphatic carbocycles. The number of ether oxygens (including phenoxy) is 2. The predicted molar refractivity (Wildman–Crippen MR) is 132 cm³/mol. The van der Waals surface area contributed by atoms with Crippen LogP contribution in [0.25, 0.3) is 0 Å². The van der Waals surface area contributed by atoms with Crippen LogP contribution in [-0.2, 0) is 12.0 Å². The molecule has 3 aromatic rings. The Balaban J connectivity index is 1.84. The summed E-state index contributed by atoms with van der Waals surface area (Å²) < 4.78 is 11.9. The fourth-order valence-corrected chi connectivity index (χ4v) is 3.74. The molecule has 0 saturated carbocycles. The minimum atomic E-state index is -0.284. The Bertz CT molecular complexity index is 1110. The zero-order valence-corrected chi connectivity index (χ0v) is 20.2. The SMILES string of the molecule is CCOc1ccc(C(=O)Nc2ccc(Cl)cc2Cl)cc1COc1ccccc1C(C)(C)C. The molecule has 3 rings (SSSR count). The van der Waals surface area contributed by atoms with Crippen LogP contribution in [0, 0.1) is 0 Å². The van der Waals surface area contributed by atoms with Crippen molar-refractivity contribution in [3.63, 3.8) is 0 Å². The van der Waals surface area contributed by atoms with Gasteiger partial charge in [-0.15, -0.1) is 0 Å². The van der Waals surface area contributed by atoms with E-state index in [2.05, 4.69) is 32.2 Å². The number of carbonyl (C=O) groups is 1. The minimum absolute atomic E-state index is 0.0566. The normalized spacial score (nSPS) is 11.2. The van der Waals surface area contributed by atoms with Gasteiger partial charge >= 0.3 is 0 Å². The van der Waals surface area contributed by atoms with Crippen LogP contribution in [0.5, 0.6) is 11.5 Å². The Morgan fingerprint density at radius 1 is 0.938 bits per heavy atom. The third-order valence-corrected chi connectivity index (χ3v) is 5.43. The van der Waals surface area contributed by atoms with Crippen molar-refractivity contribution >= 4 is 34.8 Å². The summed E-state index contributed by atoms with van der Waals surface area (Å²) in [5.74, 6) is 1.21. The van der Waals surface area contributed by atoms with Crippen molar-refractivity contribution in [2.24, 2.45) is 0 Å². The standard InChI is InChI=1S/C26H27Cl2NO3/c1-5-31-23-13-10-17(25(30)29-22-12-11-19(27)15-21(22)28)14-18(23)16-32-24-9-7-6-8-20(24)26(2,3)4/h6-15H,5,16H2,1-4H3,(H,29,30). The average Bonchev–Trinajstić information content (AvgIpc) is 2.74. The Kier molecular flexibility index (Phi) is 7.70. The van der Waals surface area contributed by atoms with Gasteiger partial charge in [0.1, 0.15) is 18.1 Å². The summed E-state index contributed by atoms with van der Waals surface area (Å²) in [6.45, 7) is 9.14. The van der Waals surface area contributed by atoms with Crippen LogP contribution < -0.4 is 14.8 Å². The number of hydrogen-bond acceptors (Lipinski definition) is 3.